The molecule has 1 heterocycles. The number of rotatable bonds is 11. The van der Waals surface area contributed by atoms with Gasteiger partial charge in [0.15, 0.2) is 0 Å². The Hall–Kier alpha value is -2.66. The summed E-state index contributed by atoms with van der Waals surface area (Å²) < 4.78 is 0. The zero-order valence-corrected chi connectivity index (χ0v) is 19.9. The molecule has 0 fully saturated rings. The normalized spacial score (nSPS) is 11.0. The SMILES string of the molecule is C=C(CN(CCNN)C(=C)CCCC)c1ccc2c(Cl)c(C)c(-c3ccccc3)nc2c1. The first-order chi connectivity index (χ1) is 15.5. The lowest BCUT2D eigenvalue weighted by atomic mass is 10.0. The molecule has 0 unspecified atom stereocenters. The van der Waals surface area contributed by atoms with Crippen LogP contribution in [-0.2, 0) is 0 Å². The fourth-order valence-electron chi connectivity index (χ4n) is 3.83. The molecule has 5 heteroatoms. The Kier molecular flexibility index (Phi) is 8.46. The highest BCUT2D eigenvalue weighted by atomic mass is 35.5. The average Bonchev–Trinajstić information content (AvgIpc) is 2.82. The highest BCUT2D eigenvalue weighted by molar-refractivity contribution is 6.36. The van der Waals surface area contributed by atoms with Gasteiger partial charge in [0.25, 0.3) is 0 Å². The van der Waals surface area contributed by atoms with Crippen molar-refractivity contribution in [3.8, 4) is 11.3 Å². The van der Waals surface area contributed by atoms with Crippen molar-refractivity contribution >= 4 is 28.1 Å². The molecular weight excluding hydrogens is 416 g/mol. The number of nitrogens with zero attached hydrogens (tertiary/aromatic N) is 2. The van der Waals surface area contributed by atoms with Crippen LogP contribution in [0.15, 0.2) is 67.4 Å². The van der Waals surface area contributed by atoms with Crippen molar-refractivity contribution in [3.05, 3.63) is 83.5 Å². The molecule has 3 N–H and O–H groups in total. The smallest absolute Gasteiger partial charge is 0.0753 e. The Bertz CT molecular complexity index is 1090. The van der Waals surface area contributed by atoms with E-state index >= 15 is 0 Å². The van der Waals surface area contributed by atoms with Crippen LogP contribution >= 0.6 is 11.6 Å². The van der Waals surface area contributed by atoms with E-state index in [9.17, 15) is 0 Å². The first kappa shape index (κ1) is 24.0. The van der Waals surface area contributed by atoms with E-state index in [0.717, 1.165) is 75.4 Å². The van der Waals surface area contributed by atoms with E-state index in [2.05, 4.69) is 54.7 Å². The van der Waals surface area contributed by atoms with Gasteiger partial charge in [0.2, 0.25) is 0 Å². The van der Waals surface area contributed by atoms with Crippen molar-refractivity contribution in [1.82, 2.24) is 15.3 Å². The molecule has 0 saturated heterocycles. The number of pyridine rings is 1. The number of fused-ring (bicyclic) bond motifs is 1. The summed E-state index contributed by atoms with van der Waals surface area (Å²) in [7, 11) is 0. The molecule has 1 aromatic heterocycles. The van der Waals surface area contributed by atoms with Crippen molar-refractivity contribution in [2.45, 2.75) is 33.1 Å². The molecule has 3 rings (SSSR count). The molecule has 0 aliphatic carbocycles. The van der Waals surface area contributed by atoms with Crippen LogP contribution in [0.4, 0.5) is 0 Å². The van der Waals surface area contributed by atoms with E-state index in [1.54, 1.807) is 0 Å². The molecule has 0 bridgehead atoms. The second-order valence-electron chi connectivity index (χ2n) is 8.15. The summed E-state index contributed by atoms with van der Waals surface area (Å²) in [5, 5.41) is 1.70. The predicted octanol–water partition coefficient (Wildman–Crippen LogP) is 6.35. The van der Waals surface area contributed by atoms with Gasteiger partial charge in [-0.25, -0.2) is 4.98 Å². The molecular formula is C27H33ClN4. The summed E-state index contributed by atoms with van der Waals surface area (Å²) >= 11 is 6.74. The summed E-state index contributed by atoms with van der Waals surface area (Å²) in [6.07, 6.45) is 3.24. The minimum Gasteiger partial charge on any atom is -0.370 e. The molecule has 0 saturated carbocycles. The number of halogens is 1. The summed E-state index contributed by atoms with van der Waals surface area (Å²) in [6.45, 7) is 15.0. The number of unbranched alkanes of at least 4 members (excludes halogenated alkanes) is 1. The van der Waals surface area contributed by atoms with Gasteiger partial charge in [-0.1, -0.05) is 80.6 Å². The molecule has 4 nitrogen and oxygen atoms in total. The van der Waals surface area contributed by atoms with Gasteiger partial charge in [-0.05, 0) is 42.5 Å². The molecule has 2 aromatic carbocycles. The quantitative estimate of drug-likeness (QED) is 0.265. The minimum absolute atomic E-state index is 0.688. The van der Waals surface area contributed by atoms with Gasteiger partial charge in [-0.2, -0.15) is 0 Å². The third kappa shape index (κ3) is 5.57. The molecule has 0 aliphatic rings. The summed E-state index contributed by atoms with van der Waals surface area (Å²) in [6, 6.07) is 16.4. The number of nitrogens with one attached hydrogen (secondary N) is 1. The third-order valence-corrected chi connectivity index (χ3v) is 6.27. The highest BCUT2D eigenvalue weighted by Gasteiger charge is 2.14. The van der Waals surface area contributed by atoms with Crippen LogP contribution in [0.25, 0.3) is 27.7 Å². The third-order valence-electron chi connectivity index (χ3n) is 5.78. The zero-order valence-electron chi connectivity index (χ0n) is 19.1. The largest absolute Gasteiger partial charge is 0.370 e. The maximum atomic E-state index is 6.74. The van der Waals surface area contributed by atoms with Crippen LogP contribution in [0.3, 0.4) is 0 Å². The first-order valence-corrected chi connectivity index (χ1v) is 11.5. The van der Waals surface area contributed by atoms with Crippen LogP contribution in [0.1, 0.15) is 37.3 Å². The van der Waals surface area contributed by atoms with Crippen molar-refractivity contribution in [1.29, 1.82) is 0 Å². The van der Waals surface area contributed by atoms with E-state index < -0.39 is 0 Å². The molecule has 0 radical (unpaired) electrons. The lowest BCUT2D eigenvalue weighted by molar-refractivity contribution is 0.365. The average molecular weight is 449 g/mol. The molecule has 32 heavy (non-hydrogen) atoms. The standard InChI is InChI=1S/C27H33ClN4/c1-5-6-10-20(3)32(16-15-30-29)18-19(2)23-13-14-24-25(17-23)31-27(21(4)26(24)28)22-11-8-7-9-12-22/h7-9,11-14,17,30H,2-3,5-6,10,15-16,18,29H2,1,4H3. The Balaban J connectivity index is 1.91. The minimum atomic E-state index is 0.688. The van der Waals surface area contributed by atoms with Crippen LogP contribution in [0.2, 0.25) is 5.02 Å². The first-order valence-electron chi connectivity index (χ1n) is 11.2. The summed E-state index contributed by atoms with van der Waals surface area (Å²) in [5.74, 6) is 5.52. The van der Waals surface area contributed by atoms with Gasteiger partial charge in [-0.15, -0.1) is 0 Å². The molecule has 3 aromatic rings. The Labute approximate surface area is 196 Å². The van der Waals surface area contributed by atoms with Crippen LogP contribution < -0.4 is 11.3 Å². The molecule has 168 valence electrons. The summed E-state index contributed by atoms with van der Waals surface area (Å²) in [4.78, 5) is 7.23. The number of benzene rings is 2. The maximum Gasteiger partial charge on any atom is 0.0753 e. The second-order valence-corrected chi connectivity index (χ2v) is 8.52. The number of hydrazine groups is 1. The van der Waals surface area contributed by atoms with Gasteiger partial charge in [0, 0.05) is 36.3 Å². The predicted molar refractivity (Wildman–Crippen MR) is 138 cm³/mol. The lowest BCUT2D eigenvalue weighted by Crippen LogP contribution is -2.35. The molecule has 0 aliphatic heterocycles. The lowest BCUT2D eigenvalue weighted by Gasteiger charge is -2.28. The number of hydrogen-bond donors (Lipinski definition) is 2. The fourth-order valence-corrected chi connectivity index (χ4v) is 4.08. The topological polar surface area (TPSA) is 54.2 Å². The number of aromatic nitrogens is 1. The van der Waals surface area contributed by atoms with Gasteiger partial charge in [0.05, 0.1) is 16.2 Å². The second kappa shape index (κ2) is 11.3. The van der Waals surface area contributed by atoms with Crippen molar-refractivity contribution in [2.24, 2.45) is 5.84 Å². The Morgan fingerprint density at radius 2 is 1.91 bits per heavy atom. The number of nitrogens with two attached hydrogens (primary N) is 1. The van der Waals surface area contributed by atoms with Crippen LogP contribution in [-0.4, -0.2) is 29.5 Å². The number of allylic oxidation sites excluding steroid dienone is 1. The van der Waals surface area contributed by atoms with Gasteiger partial charge in [0.1, 0.15) is 0 Å². The summed E-state index contributed by atoms with van der Waals surface area (Å²) in [5.41, 5.74) is 9.77. The van der Waals surface area contributed by atoms with Crippen molar-refractivity contribution < 1.29 is 0 Å². The van der Waals surface area contributed by atoms with Gasteiger partial charge in [-0.3, -0.25) is 11.3 Å². The monoisotopic (exact) mass is 448 g/mol. The fraction of sp³-hybridized carbons (Fsp3) is 0.296. The number of hydrogen-bond acceptors (Lipinski definition) is 4. The van der Waals surface area contributed by atoms with Gasteiger partial charge < -0.3 is 4.90 Å². The molecule has 0 atom stereocenters. The van der Waals surface area contributed by atoms with E-state index in [-0.39, 0.29) is 0 Å². The van der Waals surface area contributed by atoms with E-state index in [4.69, 9.17) is 22.4 Å². The van der Waals surface area contributed by atoms with Gasteiger partial charge >= 0.3 is 0 Å². The highest BCUT2D eigenvalue weighted by Crippen LogP contribution is 2.34. The van der Waals surface area contributed by atoms with Crippen molar-refractivity contribution in [2.75, 3.05) is 19.6 Å². The Morgan fingerprint density at radius 1 is 1.16 bits per heavy atom. The molecule has 0 spiro atoms. The maximum absolute atomic E-state index is 6.74. The van der Waals surface area contributed by atoms with E-state index in [1.807, 2.05) is 31.2 Å². The Morgan fingerprint density at radius 3 is 2.59 bits per heavy atom. The van der Waals surface area contributed by atoms with E-state index in [0.29, 0.717) is 13.1 Å². The van der Waals surface area contributed by atoms with Crippen molar-refractivity contribution in [3.63, 3.8) is 0 Å². The zero-order chi connectivity index (χ0) is 23.1. The van der Waals surface area contributed by atoms with Crippen LogP contribution in [0.5, 0.6) is 0 Å². The molecule has 0 amide bonds. The van der Waals surface area contributed by atoms with Crippen LogP contribution in [0, 0.1) is 6.92 Å². The van der Waals surface area contributed by atoms with E-state index in [1.165, 1.54) is 0 Å².